The average Bonchev–Trinajstić information content (AvgIpc) is 2.69. The van der Waals surface area contributed by atoms with Gasteiger partial charge in [-0.05, 0) is 96.0 Å². The Morgan fingerprint density at radius 3 is 2.00 bits per heavy atom. The smallest absolute Gasteiger partial charge is 0.255 e. The zero-order valence-corrected chi connectivity index (χ0v) is 21.3. The number of rotatable bonds is 5. The fraction of sp³-hybridized carbons (Fsp3) is 0.480. The van der Waals surface area contributed by atoms with Crippen molar-refractivity contribution in [1.29, 1.82) is 0 Å². The van der Waals surface area contributed by atoms with E-state index in [0.717, 1.165) is 35.6 Å². The molecular weight excluding hydrogens is 438 g/mol. The lowest BCUT2D eigenvalue weighted by Gasteiger charge is -2.37. The van der Waals surface area contributed by atoms with Crippen molar-refractivity contribution in [2.24, 2.45) is 0 Å². The van der Waals surface area contributed by atoms with Crippen LogP contribution in [0, 0.1) is 13.8 Å². The van der Waals surface area contributed by atoms with E-state index in [-0.39, 0.29) is 18.1 Å². The molecule has 7 nitrogen and oxygen atoms in total. The van der Waals surface area contributed by atoms with Crippen molar-refractivity contribution in [3.63, 3.8) is 0 Å². The van der Waals surface area contributed by atoms with Gasteiger partial charge in [-0.3, -0.25) is 9.52 Å². The second-order valence-corrected chi connectivity index (χ2v) is 12.3. The third-order valence-electron chi connectivity index (χ3n) is 5.75. The number of morpholine rings is 1. The number of hydrogen-bond acceptors (Lipinski definition) is 5. The third kappa shape index (κ3) is 5.86. The number of nitrogens with one attached hydrogen (secondary N) is 2. The highest BCUT2D eigenvalue weighted by atomic mass is 32.2. The lowest BCUT2D eigenvalue weighted by atomic mass is 10.0. The Hall–Kier alpha value is -2.58. The molecule has 0 spiro atoms. The number of hydrogen-bond donors (Lipinski definition) is 2. The lowest BCUT2D eigenvalue weighted by molar-refractivity contribution is -0.00522. The third-order valence-corrected chi connectivity index (χ3v) is 7.86. The zero-order chi connectivity index (χ0) is 24.6. The first-order valence-corrected chi connectivity index (χ1v) is 12.7. The molecule has 0 saturated carbocycles. The molecule has 2 aromatic carbocycles. The minimum atomic E-state index is -3.53. The minimum absolute atomic E-state index is 0.171. The van der Waals surface area contributed by atoms with Gasteiger partial charge in [-0.15, -0.1) is 0 Å². The summed E-state index contributed by atoms with van der Waals surface area (Å²) in [6.45, 7) is 14.7. The number of amides is 1. The van der Waals surface area contributed by atoms with E-state index in [1.807, 2.05) is 13.8 Å². The first-order chi connectivity index (χ1) is 15.3. The van der Waals surface area contributed by atoms with Crippen LogP contribution >= 0.6 is 0 Å². The number of anilines is 3. The Morgan fingerprint density at radius 1 is 1.00 bits per heavy atom. The van der Waals surface area contributed by atoms with E-state index in [1.165, 1.54) is 0 Å². The van der Waals surface area contributed by atoms with Crippen LogP contribution in [0.2, 0.25) is 0 Å². The van der Waals surface area contributed by atoms with E-state index in [2.05, 4.69) is 40.9 Å². The summed E-state index contributed by atoms with van der Waals surface area (Å²) in [6, 6.07) is 10.6. The molecule has 1 amide bonds. The standard InChI is InChI=1S/C25H35N3O4S/c1-16-12-22(28-14-18(3)32-19(4)15-28)13-17(2)23(16)26-24(29)20-8-10-21(11-9-20)27-33(30,31)25(5,6)7/h8-13,18-19,27H,14-15H2,1-7H3,(H,26,29)/t18-,19+. The van der Waals surface area contributed by atoms with Crippen LogP contribution in [0.1, 0.15) is 56.1 Å². The largest absolute Gasteiger partial charge is 0.372 e. The summed E-state index contributed by atoms with van der Waals surface area (Å²) in [5.74, 6) is -0.243. The number of carbonyl (C=O) groups is 1. The van der Waals surface area contributed by atoms with Crippen LogP contribution in [-0.4, -0.2) is 44.4 Å². The van der Waals surface area contributed by atoms with Gasteiger partial charge in [-0.1, -0.05) is 0 Å². The summed E-state index contributed by atoms with van der Waals surface area (Å²) in [5, 5.41) is 3.01. The van der Waals surface area contributed by atoms with Crippen molar-refractivity contribution in [2.75, 3.05) is 28.0 Å². The molecule has 0 radical (unpaired) electrons. The van der Waals surface area contributed by atoms with Crippen molar-refractivity contribution in [3.8, 4) is 0 Å². The molecule has 0 bridgehead atoms. The number of carbonyl (C=O) groups excluding carboxylic acids is 1. The molecule has 0 aromatic heterocycles. The van der Waals surface area contributed by atoms with Crippen molar-refractivity contribution in [3.05, 3.63) is 53.1 Å². The van der Waals surface area contributed by atoms with Crippen LogP contribution in [0.15, 0.2) is 36.4 Å². The van der Waals surface area contributed by atoms with E-state index in [4.69, 9.17) is 4.74 Å². The first-order valence-electron chi connectivity index (χ1n) is 11.2. The predicted octanol–water partition coefficient (Wildman–Crippen LogP) is 4.71. The molecule has 0 unspecified atom stereocenters. The lowest BCUT2D eigenvalue weighted by Crippen LogP contribution is -2.45. The van der Waals surface area contributed by atoms with Crippen LogP contribution in [-0.2, 0) is 14.8 Å². The van der Waals surface area contributed by atoms with Crippen LogP contribution < -0.4 is 14.9 Å². The summed E-state index contributed by atoms with van der Waals surface area (Å²) in [7, 11) is -3.53. The molecular formula is C25H35N3O4S. The number of benzene rings is 2. The Labute approximate surface area is 197 Å². The van der Waals surface area contributed by atoms with Crippen LogP contribution in [0.3, 0.4) is 0 Å². The van der Waals surface area contributed by atoms with Gasteiger partial charge in [0.25, 0.3) is 5.91 Å². The summed E-state index contributed by atoms with van der Waals surface area (Å²) in [4.78, 5) is 15.2. The summed E-state index contributed by atoms with van der Waals surface area (Å²) >= 11 is 0. The van der Waals surface area contributed by atoms with E-state index < -0.39 is 14.8 Å². The van der Waals surface area contributed by atoms with E-state index in [0.29, 0.717) is 11.3 Å². The molecule has 1 heterocycles. The van der Waals surface area contributed by atoms with E-state index in [9.17, 15) is 13.2 Å². The van der Waals surface area contributed by atoms with Gasteiger partial charge in [-0.2, -0.15) is 0 Å². The molecule has 1 saturated heterocycles. The van der Waals surface area contributed by atoms with E-state index >= 15 is 0 Å². The van der Waals surface area contributed by atoms with Gasteiger partial charge in [0, 0.05) is 35.7 Å². The molecule has 2 aromatic rings. The normalized spacial score (nSPS) is 19.3. The summed E-state index contributed by atoms with van der Waals surface area (Å²) in [5.41, 5.74) is 4.76. The van der Waals surface area contributed by atoms with Crippen molar-refractivity contribution < 1.29 is 17.9 Å². The Morgan fingerprint density at radius 2 is 1.52 bits per heavy atom. The predicted molar refractivity (Wildman–Crippen MR) is 135 cm³/mol. The van der Waals surface area contributed by atoms with Gasteiger partial charge in [0.2, 0.25) is 10.0 Å². The van der Waals surface area contributed by atoms with Crippen LogP contribution in [0.4, 0.5) is 17.1 Å². The quantitative estimate of drug-likeness (QED) is 0.657. The van der Waals surface area contributed by atoms with Gasteiger partial charge in [0.15, 0.2) is 0 Å². The molecule has 180 valence electrons. The van der Waals surface area contributed by atoms with Gasteiger partial charge in [0.1, 0.15) is 0 Å². The minimum Gasteiger partial charge on any atom is -0.372 e. The maximum atomic E-state index is 12.9. The second-order valence-electron chi connectivity index (χ2n) is 9.87. The molecule has 2 N–H and O–H groups in total. The highest BCUT2D eigenvalue weighted by Crippen LogP contribution is 2.29. The number of nitrogens with zero attached hydrogens (tertiary/aromatic N) is 1. The molecule has 2 atom stereocenters. The molecule has 1 aliphatic heterocycles. The number of aryl methyl sites for hydroxylation is 2. The summed E-state index contributed by atoms with van der Waals surface area (Å²) < 4.78 is 32.1. The maximum absolute atomic E-state index is 12.9. The Balaban J connectivity index is 1.74. The zero-order valence-electron chi connectivity index (χ0n) is 20.5. The molecule has 0 aliphatic carbocycles. The van der Waals surface area contributed by atoms with Gasteiger partial charge >= 0.3 is 0 Å². The molecule has 3 rings (SSSR count). The van der Waals surface area contributed by atoms with Crippen molar-refractivity contribution >= 4 is 33.0 Å². The maximum Gasteiger partial charge on any atom is 0.255 e. The van der Waals surface area contributed by atoms with E-state index in [1.54, 1.807) is 45.0 Å². The molecule has 1 aliphatic rings. The van der Waals surface area contributed by atoms with Gasteiger partial charge in [0.05, 0.1) is 17.0 Å². The highest BCUT2D eigenvalue weighted by Gasteiger charge is 2.29. The summed E-state index contributed by atoms with van der Waals surface area (Å²) in [6.07, 6.45) is 0.342. The highest BCUT2D eigenvalue weighted by molar-refractivity contribution is 7.94. The SMILES string of the molecule is Cc1cc(N2C[C@@H](C)O[C@@H](C)C2)cc(C)c1NC(=O)c1ccc(NS(=O)(=O)C(C)(C)C)cc1. The molecule has 1 fully saturated rings. The topological polar surface area (TPSA) is 87.7 Å². The first kappa shape index (κ1) is 25.1. The van der Waals surface area contributed by atoms with Gasteiger partial charge in [-0.25, -0.2) is 8.42 Å². The number of ether oxygens (including phenoxy) is 1. The Bertz CT molecular complexity index is 1090. The van der Waals surface area contributed by atoms with Crippen LogP contribution in [0.25, 0.3) is 0 Å². The Kier molecular flexibility index (Phi) is 7.10. The van der Waals surface area contributed by atoms with Crippen molar-refractivity contribution in [2.45, 2.75) is 65.4 Å². The van der Waals surface area contributed by atoms with Crippen molar-refractivity contribution in [1.82, 2.24) is 0 Å². The average molecular weight is 474 g/mol. The van der Waals surface area contributed by atoms with Gasteiger partial charge < -0.3 is 15.0 Å². The second kappa shape index (κ2) is 9.35. The monoisotopic (exact) mass is 473 g/mol. The van der Waals surface area contributed by atoms with Crippen LogP contribution in [0.5, 0.6) is 0 Å². The number of sulfonamides is 1. The molecule has 33 heavy (non-hydrogen) atoms. The fourth-order valence-electron chi connectivity index (χ4n) is 3.89. The fourth-order valence-corrected chi connectivity index (χ4v) is 4.65. The molecule has 8 heteroatoms.